The molecule has 1 aliphatic rings. The number of carbonyl (C=O) groups is 1. The van der Waals surface area contributed by atoms with Crippen LogP contribution in [0.5, 0.6) is 0 Å². The van der Waals surface area contributed by atoms with Crippen LogP contribution in [0.1, 0.15) is 17.8 Å². The Balaban J connectivity index is 1.81. The number of hydrogen-bond acceptors (Lipinski definition) is 8. The molecular formula is C20H27N3O5S3. The average Bonchev–Trinajstić information content (AvgIpc) is 3.29. The molecule has 2 N–H and O–H groups in total. The molecule has 1 aromatic heterocycles. The van der Waals surface area contributed by atoms with Gasteiger partial charge in [-0.1, -0.05) is 6.07 Å². The maximum absolute atomic E-state index is 13.3. The van der Waals surface area contributed by atoms with Crippen LogP contribution in [0.2, 0.25) is 0 Å². The van der Waals surface area contributed by atoms with Crippen molar-refractivity contribution in [2.45, 2.75) is 29.2 Å². The van der Waals surface area contributed by atoms with Crippen molar-refractivity contribution in [2.24, 2.45) is 0 Å². The molecule has 1 amide bonds. The maximum atomic E-state index is 13.3. The molecule has 2 aromatic rings. The Morgan fingerprint density at radius 2 is 1.87 bits per heavy atom. The molecule has 11 heteroatoms. The molecule has 1 aliphatic heterocycles. The van der Waals surface area contributed by atoms with Gasteiger partial charge >= 0.3 is 0 Å². The molecule has 3 atom stereocenters. The highest BCUT2D eigenvalue weighted by Crippen LogP contribution is 2.28. The van der Waals surface area contributed by atoms with E-state index in [0.717, 1.165) is 4.88 Å². The second-order valence-corrected chi connectivity index (χ2v) is 13.2. The highest BCUT2D eigenvalue weighted by atomic mass is 32.2. The zero-order chi connectivity index (χ0) is 22.8. The quantitative estimate of drug-likeness (QED) is 0.583. The molecule has 1 fully saturated rings. The van der Waals surface area contributed by atoms with Crippen LogP contribution in [-0.4, -0.2) is 71.1 Å². The second-order valence-electron chi connectivity index (χ2n) is 7.88. The number of rotatable bonds is 8. The number of nitrogens with zero attached hydrogens (tertiary/aromatic N) is 1. The van der Waals surface area contributed by atoms with Gasteiger partial charge in [0.1, 0.15) is 0 Å². The summed E-state index contributed by atoms with van der Waals surface area (Å²) in [6.07, 6.45) is 0. The number of benzene rings is 1. The maximum Gasteiger partial charge on any atom is 0.221 e. The molecule has 170 valence electrons. The van der Waals surface area contributed by atoms with Gasteiger partial charge in [-0.15, -0.1) is 11.3 Å². The Morgan fingerprint density at radius 3 is 2.42 bits per heavy atom. The third-order valence-corrected chi connectivity index (χ3v) is 10.4. The first-order valence-corrected chi connectivity index (χ1v) is 14.0. The Hall–Kier alpha value is -1.79. The van der Waals surface area contributed by atoms with E-state index in [9.17, 15) is 21.6 Å². The molecule has 0 saturated carbocycles. The van der Waals surface area contributed by atoms with Crippen LogP contribution in [0.15, 0.2) is 46.7 Å². The monoisotopic (exact) mass is 485 g/mol. The van der Waals surface area contributed by atoms with Gasteiger partial charge in [-0.25, -0.2) is 16.8 Å². The van der Waals surface area contributed by atoms with Crippen molar-refractivity contribution in [2.75, 3.05) is 37.5 Å². The van der Waals surface area contributed by atoms with Crippen molar-refractivity contribution in [3.05, 3.63) is 46.7 Å². The number of hydrogen-bond donors (Lipinski definition) is 2. The van der Waals surface area contributed by atoms with E-state index in [1.807, 2.05) is 36.5 Å². The number of carbonyl (C=O) groups excluding carboxylic acids is 1. The van der Waals surface area contributed by atoms with Gasteiger partial charge in [0, 0.05) is 30.1 Å². The fourth-order valence-electron chi connectivity index (χ4n) is 3.70. The SMILES string of the molecule is CC(=O)Nc1ccc(S(=O)(=O)[C@H]2CS(=O)(=O)C[C@@H]2NCC(c2cccs2)N(C)C)cc1. The van der Waals surface area contributed by atoms with Crippen molar-refractivity contribution < 1.29 is 21.6 Å². The van der Waals surface area contributed by atoms with E-state index in [0.29, 0.717) is 12.2 Å². The summed E-state index contributed by atoms with van der Waals surface area (Å²) in [4.78, 5) is 14.3. The first kappa shape index (κ1) is 23.9. The molecule has 1 aromatic carbocycles. The Morgan fingerprint density at radius 1 is 1.19 bits per heavy atom. The first-order valence-electron chi connectivity index (χ1n) is 9.75. The first-order chi connectivity index (χ1) is 14.5. The second kappa shape index (κ2) is 9.37. The molecule has 0 aliphatic carbocycles. The lowest BCUT2D eigenvalue weighted by molar-refractivity contribution is -0.114. The molecule has 3 rings (SSSR count). The Labute approximate surface area is 187 Å². The zero-order valence-corrected chi connectivity index (χ0v) is 20.1. The standard InChI is InChI=1S/C20H27N3O5S3/c1-14(24)22-15-6-8-16(9-7-15)31(27,28)20-13-30(25,26)12-17(20)21-11-18(23(2)3)19-5-4-10-29-19/h4-10,17-18,20-21H,11-13H2,1-3H3,(H,22,24)/t17-,18?,20-/m0/s1. The summed E-state index contributed by atoms with van der Waals surface area (Å²) in [5.41, 5.74) is 0.477. The smallest absolute Gasteiger partial charge is 0.221 e. The van der Waals surface area contributed by atoms with E-state index >= 15 is 0 Å². The van der Waals surface area contributed by atoms with Crippen LogP contribution in [0, 0.1) is 0 Å². The van der Waals surface area contributed by atoms with Gasteiger partial charge in [-0.2, -0.15) is 0 Å². The zero-order valence-electron chi connectivity index (χ0n) is 17.6. The van der Waals surface area contributed by atoms with Gasteiger partial charge in [-0.3, -0.25) is 4.79 Å². The van der Waals surface area contributed by atoms with E-state index in [4.69, 9.17) is 0 Å². The van der Waals surface area contributed by atoms with Crippen molar-refractivity contribution in [1.82, 2.24) is 10.2 Å². The van der Waals surface area contributed by atoms with E-state index in [1.54, 1.807) is 11.3 Å². The minimum absolute atomic E-state index is 0.00333. The summed E-state index contributed by atoms with van der Waals surface area (Å²) < 4.78 is 51.2. The van der Waals surface area contributed by atoms with E-state index in [2.05, 4.69) is 10.6 Å². The summed E-state index contributed by atoms with van der Waals surface area (Å²) in [6.45, 7) is 1.79. The van der Waals surface area contributed by atoms with Gasteiger partial charge in [-0.05, 0) is 49.8 Å². The summed E-state index contributed by atoms with van der Waals surface area (Å²) in [5, 5.41) is 6.71. The van der Waals surface area contributed by atoms with E-state index in [1.165, 1.54) is 31.2 Å². The van der Waals surface area contributed by atoms with E-state index in [-0.39, 0.29) is 22.6 Å². The van der Waals surface area contributed by atoms with Crippen LogP contribution in [-0.2, 0) is 24.5 Å². The topological polar surface area (TPSA) is 113 Å². The lowest BCUT2D eigenvalue weighted by atomic mass is 10.2. The van der Waals surface area contributed by atoms with Crippen LogP contribution in [0.3, 0.4) is 0 Å². The summed E-state index contributed by atoms with van der Waals surface area (Å²) in [7, 11) is -3.52. The van der Waals surface area contributed by atoms with Crippen molar-refractivity contribution in [3.63, 3.8) is 0 Å². The number of sulfone groups is 2. The van der Waals surface area contributed by atoms with Crippen molar-refractivity contribution in [1.29, 1.82) is 0 Å². The van der Waals surface area contributed by atoms with Crippen LogP contribution in [0.4, 0.5) is 5.69 Å². The fourth-order valence-corrected chi connectivity index (χ4v) is 9.34. The number of anilines is 1. The predicted molar refractivity (Wildman–Crippen MR) is 123 cm³/mol. The van der Waals surface area contributed by atoms with Crippen LogP contribution in [0.25, 0.3) is 0 Å². The molecule has 1 unspecified atom stereocenters. The Bertz CT molecular complexity index is 1110. The highest BCUT2D eigenvalue weighted by molar-refractivity contribution is 7.96. The van der Waals surface area contributed by atoms with Gasteiger partial charge in [0.05, 0.1) is 27.7 Å². The van der Waals surface area contributed by atoms with Crippen molar-refractivity contribution >= 4 is 42.6 Å². The van der Waals surface area contributed by atoms with Gasteiger partial charge in [0.2, 0.25) is 5.91 Å². The van der Waals surface area contributed by atoms with Crippen molar-refractivity contribution in [3.8, 4) is 0 Å². The molecular weight excluding hydrogens is 458 g/mol. The molecule has 0 radical (unpaired) electrons. The number of amides is 1. The molecule has 1 saturated heterocycles. The predicted octanol–water partition coefficient (Wildman–Crippen LogP) is 1.54. The molecule has 0 bridgehead atoms. The molecule has 31 heavy (non-hydrogen) atoms. The van der Waals surface area contributed by atoms with Crippen LogP contribution >= 0.6 is 11.3 Å². The normalized spacial score (nSPS) is 21.8. The lowest BCUT2D eigenvalue weighted by Crippen LogP contribution is -2.46. The minimum atomic E-state index is -3.89. The minimum Gasteiger partial charge on any atom is -0.326 e. The average molecular weight is 486 g/mol. The number of thiophene rings is 1. The molecule has 2 heterocycles. The lowest BCUT2D eigenvalue weighted by Gasteiger charge is -2.27. The summed E-state index contributed by atoms with van der Waals surface area (Å²) in [6, 6.07) is 9.06. The van der Waals surface area contributed by atoms with Crippen LogP contribution < -0.4 is 10.6 Å². The third kappa shape index (κ3) is 5.72. The fraction of sp³-hybridized carbons (Fsp3) is 0.450. The molecule has 8 nitrogen and oxygen atoms in total. The van der Waals surface area contributed by atoms with Gasteiger partial charge < -0.3 is 15.5 Å². The third-order valence-electron chi connectivity index (χ3n) is 5.27. The summed E-state index contributed by atoms with van der Waals surface area (Å²) in [5.74, 6) is -0.889. The highest BCUT2D eigenvalue weighted by Gasteiger charge is 2.45. The number of nitrogens with one attached hydrogen (secondary N) is 2. The number of likely N-dealkylation sites (N-methyl/N-ethyl adjacent to an activating group) is 1. The summed E-state index contributed by atoms with van der Waals surface area (Å²) >= 11 is 1.60. The Kier molecular flexibility index (Phi) is 7.21. The molecule has 0 spiro atoms. The van der Waals surface area contributed by atoms with Gasteiger partial charge in [0.25, 0.3) is 0 Å². The van der Waals surface area contributed by atoms with E-state index < -0.39 is 36.7 Å². The van der Waals surface area contributed by atoms with Gasteiger partial charge in [0.15, 0.2) is 19.7 Å². The largest absolute Gasteiger partial charge is 0.326 e.